The number of cyclic esters (lactones) is 1. The first-order valence-corrected chi connectivity index (χ1v) is 7.88. The van der Waals surface area contributed by atoms with Crippen molar-refractivity contribution < 1.29 is 29.6 Å². The van der Waals surface area contributed by atoms with E-state index < -0.39 is 12.1 Å². The molecule has 1 saturated heterocycles. The number of ether oxygens (including phenoxy) is 1. The van der Waals surface area contributed by atoms with Crippen LogP contribution in [0.25, 0.3) is 0 Å². The second kappa shape index (κ2) is 10.6. The number of carboxylic acids is 1. The lowest BCUT2D eigenvalue weighted by molar-refractivity contribution is -0.145. The van der Waals surface area contributed by atoms with E-state index in [1.165, 1.54) is 0 Å². The highest BCUT2D eigenvalue weighted by molar-refractivity contribution is 5.71. The smallest absolute Gasteiger partial charge is 0.306 e. The minimum absolute atomic E-state index is 0.0401. The van der Waals surface area contributed by atoms with E-state index in [0.29, 0.717) is 12.8 Å². The van der Waals surface area contributed by atoms with Crippen LogP contribution in [0.4, 0.5) is 0 Å². The largest absolute Gasteiger partial charge is 0.481 e. The van der Waals surface area contributed by atoms with Gasteiger partial charge in [0.1, 0.15) is 6.10 Å². The van der Waals surface area contributed by atoms with Gasteiger partial charge < -0.3 is 20.1 Å². The first-order chi connectivity index (χ1) is 10.3. The molecule has 0 aromatic rings. The summed E-state index contributed by atoms with van der Waals surface area (Å²) < 4.78 is 5.09. The van der Waals surface area contributed by atoms with Gasteiger partial charge in [-0.3, -0.25) is 9.59 Å². The van der Waals surface area contributed by atoms with Crippen LogP contribution in [0.2, 0.25) is 0 Å². The highest BCUT2D eigenvalue weighted by atomic mass is 16.5. The summed E-state index contributed by atoms with van der Waals surface area (Å²) in [6.45, 7) is 11.9. The molecule has 0 amide bonds. The van der Waals surface area contributed by atoms with E-state index in [1.807, 2.05) is 20.8 Å². The van der Waals surface area contributed by atoms with Gasteiger partial charge in [-0.25, -0.2) is 0 Å². The number of esters is 1. The number of aliphatic hydroxyl groups is 2. The van der Waals surface area contributed by atoms with E-state index in [-0.39, 0.29) is 29.3 Å². The highest BCUT2D eigenvalue weighted by Crippen LogP contribution is 2.30. The lowest BCUT2D eigenvalue weighted by Gasteiger charge is -2.24. The maximum Gasteiger partial charge on any atom is 0.306 e. The molecule has 0 saturated carbocycles. The minimum Gasteiger partial charge on any atom is -0.481 e. The second-order valence-corrected chi connectivity index (χ2v) is 7.70. The van der Waals surface area contributed by atoms with Gasteiger partial charge >= 0.3 is 11.9 Å². The highest BCUT2D eigenvalue weighted by Gasteiger charge is 2.33. The average Bonchev–Trinajstić information content (AvgIpc) is 2.84. The first kappa shape index (κ1) is 24.1. The van der Waals surface area contributed by atoms with Gasteiger partial charge in [0, 0.05) is 20.0 Å². The Morgan fingerprint density at radius 2 is 1.70 bits per heavy atom. The van der Waals surface area contributed by atoms with E-state index >= 15 is 0 Å². The maximum absolute atomic E-state index is 10.7. The maximum atomic E-state index is 10.7. The van der Waals surface area contributed by atoms with Crippen LogP contribution in [0.5, 0.6) is 0 Å². The third kappa shape index (κ3) is 12.0. The van der Waals surface area contributed by atoms with Crippen molar-refractivity contribution in [3.63, 3.8) is 0 Å². The number of hydrogen-bond donors (Lipinski definition) is 3. The van der Waals surface area contributed by atoms with Gasteiger partial charge in [0.15, 0.2) is 0 Å². The molecule has 1 fully saturated rings. The molecule has 0 aliphatic carbocycles. The van der Waals surface area contributed by atoms with E-state index in [2.05, 4.69) is 20.8 Å². The molecule has 1 aliphatic heterocycles. The zero-order valence-electron chi connectivity index (χ0n) is 15.5. The lowest BCUT2D eigenvalue weighted by Crippen LogP contribution is -2.26. The summed E-state index contributed by atoms with van der Waals surface area (Å²) in [5.74, 6) is -0.895. The zero-order valence-corrected chi connectivity index (χ0v) is 15.5. The molecule has 0 spiro atoms. The van der Waals surface area contributed by atoms with Crippen LogP contribution >= 0.6 is 0 Å². The molecule has 0 radical (unpaired) electrons. The summed E-state index contributed by atoms with van der Waals surface area (Å²) in [5, 5.41) is 24.7. The van der Waals surface area contributed by atoms with E-state index in [1.54, 1.807) is 0 Å². The van der Waals surface area contributed by atoms with Crippen LogP contribution in [0.3, 0.4) is 0 Å². The van der Waals surface area contributed by atoms with Crippen molar-refractivity contribution in [2.45, 2.75) is 79.4 Å². The number of carboxylic acid groups (broad SMARTS) is 1. The fourth-order valence-electron chi connectivity index (χ4n) is 1.83. The van der Waals surface area contributed by atoms with Crippen LogP contribution in [0.15, 0.2) is 0 Å². The van der Waals surface area contributed by atoms with Crippen molar-refractivity contribution in [1.82, 2.24) is 0 Å². The molecule has 0 aromatic heterocycles. The molecule has 0 bridgehead atoms. The summed E-state index contributed by atoms with van der Waals surface area (Å²) in [6.07, 6.45) is 1.47. The molecule has 2 unspecified atom stereocenters. The predicted octanol–water partition coefficient (Wildman–Crippen LogP) is 2.60. The van der Waals surface area contributed by atoms with Gasteiger partial charge in [0.2, 0.25) is 0 Å². The van der Waals surface area contributed by atoms with Crippen molar-refractivity contribution in [3.8, 4) is 0 Å². The number of hydrogen-bond acceptors (Lipinski definition) is 5. The Hall–Kier alpha value is -1.14. The van der Waals surface area contributed by atoms with Crippen LogP contribution in [-0.4, -0.2) is 46.6 Å². The number of carbonyl (C=O) groups excluding carboxylic acids is 1. The van der Waals surface area contributed by atoms with Gasteiger partial charge in [-0.1, -0.05) is 41.5 Å². The molecule has 0 aromatic carbocycles. The third-order valence-electron chi connectivity index (χ3n) is 3.48. The molecule has 3 N–H and O–H groups in total. The van der Waals surface area contributed by atoms with Gasteiger partial charge in [-0.15, -0.1) is 0 Å². The van der Waals surface area contributed by atoms with E-state index in [9.17, 15) is 14.7 Å². The molecule has 6 nitrogen and oxygen atoms in total. The predicted molar refractivity (Wildman–Crippen MR) is 89.0 cm³/mol. The lowest BCUT2D eigenvalue weighted by atomic mass is 9.86. The Bertz CT molecular complexity index is 351. The van der Waals surface area contributed by atoms with Gasteiger partial charge in [0.05, 0.1) is 6.10 Å². The van der Waals surface area contributed by atoms with Crippen molar-refractivity contribution in [2.24, 2.45) is 10.8 Å². The molecule has 1 rings (SSSR count). The van der Waals surface area contributed by atoms with Gasteiger partial charge in [-0.2, -0.15) is 0 Å². The normalized spacial score (nSPS) is 18.8. The summed E-state index contributed by atoms with van der Waals surface area (Å²) in [6, 6.07) is 0. The Morgan fingerprint density at radius 3 is 1.91 bits per heavy atom. The quantitative estimate of drug-likeness (QED) is 0.685. The molecule has 138 valence electrons. The fraction of sp³-hybridized carbons (Fsp3) is 0.882. The van der Waals surface area contributed by atoms with Gasteiger partial charge in [-0.05, 0) is 23.7 Å². The summed E-state index contributed by atoms with van der Waals surface area (Å²) in [4.78, 5) is 20.8. The number of rotatable bonds is 3. The molecule has 1 heterocycles. The van der Waals surface area contributed by atoms with E-state index in [4.69, 9.17) is 14.9 Å². The number of aliphatic hydroxyl groups excluding tert-OH is 2. The summed E-state index contributed by atoms with van der Waals surface area (Å²) in [5.41, 5.74) is -0.0956. The second-order valence-electron chi connectivity index (χ2n) is 7.70. The number of aliphatic carboxylic acids is 1. The molecular weight excluding hydrogens is 300 g/mol. The molecule has 6 heteroatoms. The molecule has 23 heavy (non-hydrogen) atoms. The zero-order chi connectivity index (χ0) is 18.8. The monoisotopic (exact) mass is 334 g/mol. The third-order valence-corrected chi connectivity index (χ3v) is 3.48. The Balaban J connectivity index is 0. The van der Waals surface area contributed by atoms with Crippen molar-refractivity contribution >= 4 is 11.9 Å². The van der Waals surface area contributed by atoms with E-state index in [0.717, 1.165) is 13.5 Å². The Labute approximate surface area is 139 Å². The fourth-order valence-corrected chi connectivity index (χ4v) is 1.83. The standard InChI is InChI=1S/C8H16O3.C8H14O2.CH4O/c1-8(2,3)6(9)4-5-7(10)11;1-8(2,3)6-4-5-7(9)10-6;1-2/h6,9H,4-5H2,1-3H3,(H,10,11);6H,4-5H2,1-3H3;2H,1H3. The summed E-state index contributed by atoms with van der Waals surface area (Å²) in [7, 11) is 1.00. The SMILES string of the molecule is CC(C)(C)C(O)CCC(=O)O.CC(C)(C)C1CCC(=O)O1.CO. The van der Waals surface area contributed by atoms with Crippen molar-refractivity contribution in [2.75, 3.05) is 7.11 Å². The van der Waals surface area contributed by atoms with Crippen LogP contribution in [-0.2, 0) is 14.3 Å². The minimum atomic E-state index is -0.853. The summed E-state index contributed by atoms with van der Waals surface area (Å²) >= 11 is 0. The van der Waals surface area contributed by atoms with Crippen molar-refractivity contribution in [1.29, 1.82) is 0 Å². The Morgan fingerprint density at radius 1 is 1.22 bits per heavy atom. The molecule has 2 atom stereocenters. The van der Waals surface area contributed by atoms with Crippen LogP contribution in [0, 0.1) is 10.8 Å². The van der Waals surface area contributed by atoms with Crippen LogP contribution in [0.1, 0.15) is 67.2 Å². The first-order valence-electron chi connectivity index (χ1n) is 7.88. The molecule has 1 aliphatic rings. The Kier molecular flexibility index (Phi) is 11.1. The number of carbonyl (C=O) groups is 2. The average molecular weight is 334 g/mol. The van der Waals surface area contributed by atoms with Crippen LogP contribution < -0.4 is 0 Å². The van der Waals surface area contributed by atoms with Crippen molar-refractivity contribution in [3.05, 3.63) is 0 Å². The molecular formula is C17H34O6. The topological polar surface area (TPSA) is 104 Å². The van der Waals surface area contributed by atoms with Gasteiger partial charge in [0.25, 0.3) is 0 Å².